The van der Waals surface area contributed by atoms with Crippen LogP contribution in [0.3, 0.4) is 0 Å². The molecule has 1 aliphatic rings. The quantitative estimate of drug-likeness (QED) is 0.845. The van der Waals surface area contributed by atoms with E-state index in [2.05, 4.69) is 9.97 Å². The fourth-order valence-electron chi connectivity index (χ4n) is 2.44. The lowest BCUT2D eigenvalue weighted by Gasteiger charge is -2.32. The van der Waals surface area contributed by atoms with Crippen molar-refractivity contribution in [3.05, 3.63) is 17.6 Å². The van der Waals surface area contributed by atoms with E-state index in [4.69, 9.17) is 4.74 Å². The summed E-state index contributed by atoms with van der Waals surface area (Å²) in [5.74, 6) is 1.18. The molecule has 118 valence electrons. The molecule has 1 aromatic heterocycles. The topological polar surface area (TPSA) is 72.4 Å². The van der Waals surface area contributed by atoms with Gasteiger partial charge >= 0.3 is 0 Å². The highest BCUT2D eigenvalue weighted by molar-refractivity contribution is 7.89. The minimum absolute atomic E-state index is 0.152. The van der Waals surface area contributed by atoms with Gasteiger partial charge in [0, 0.05) is 18.3 Å². The van der Waals surface area contributed by atoms with Crippen LogP contribution in [0.4, 0.5) is 0 Å². The Bertz CT molecular complexity index is 581. The Kier molecular flexibility index (Phi) is 4.83. The van der Waals surface area contributed by atoms with E-state index in [1.807, 2.05) is 13.8 Å². The summed E-state index contributed by atoms with van der Waals surface area (Å²) >= 11 is 0. The molecule has 0 aromatic carbocycles. The van der Waals surface area contributed by atoms with Crippen LogP contribution in [0.1, 0.15) is 38.2 Å². The van der Waals surface area contributed by atoms with Gasteiger partial charge in [0.05, 0.1) is 11.8 Å². The second-order valence-electron chi connectivity index (χ2n) is 5.73. The fraction of sp³-hybridized carbons (Fsp3) is 0.714. The average Bonchev–Trinajstić information content (AvgIpc) is 2.37. The van der Waals surface area contributed by atoms with E-state index in [0.717, 1.165) is 18.5 Å². The van der Waals surface area contributed by atoms with Gasteiger partial charge in [-0.15, -0.1) is 0 Å². The summed E-state index contributed by atoms with van der Waals surface area (Å²) in [6.07, 6.45) is 1.49. The highest BCUT2D eigenvalue weighted by atomic mass is 32.2. The molecule has 0 aliphatic carbocycles. The van der Waals surface area contributed by atoms with E-state index in [1.54, 1.807) is 19.9 Å². The van der Waals surface area contributed by atoms with Gasteiger partial charge in [-0.05, 0) is 40.5 Å². The molecular formula is C14H23N3O3S. The molecule has 0 radical (unpaired) electrons. The SMILES string of the molecule is Cc1cc(OC2CCCN(S(=O)(=O)C(C)C)C2)nc(C)n1. The van der Waals surface area contributed by atoms with Crippen LogP contribution in [0, 0.1) is 13.8 Å². The molecule has 0 amide bonds. The van der Waals surface area contributed by atoms with Crippen molar-refractivity contribution in [1.82, 2.24) is 14.3 Å². The zero-order valence-corrected chi connectivity index (χ0v) is 13.9. The second kappa shape index (κ2) is 6.27. The number of ether oxygens (including phenoxy) is 1. The maximum absolute atomic E-state index is 12.2. The van der Waals surface area contributed by atoms with Gasteiger partial charge in [0.1, 0.15) is 11.9 Å². The van der Waals surface area contributed by atoms with Gasteiger partial charge in [0.15, 0.2) is 0 Å². The molecule has 1 fully saturated rings. The molecule has 1 saturated heterocycles. The third-order valence-corrected chi connectivity index (χ3v) is 5.77. The molecule has 1 aromatic rings. The number of aryl methyl sites for hydroxylation is 2. The summed E-state index contributed by atoms with van der Waals surface area (Å²) in [4.78, 5) is 8.46. The van der Waals surface area contributed by atoms with Crippen molar-refractivity contribution < 1.29 is 13.2 Å². The van der Waals surface area contributed by atoms with Gasteiger partial charge in [0.25, 0.3) is 0 Å². The molecular weight excluding hydrogens is 290 g/mol. The van der Waals surface area contributed by atoms with Crippen molar-refractivity contribution >= 4 is 10.0 Å². The van der Waals surface area contributed by atoms with Crippen molar-refractivity contribution in [2.45, 2.75) is 51.9 Å². The van der Waals surface area contributed by atoms with Crippen LogP contribution in [0.15, 0.2) is 6.07 Å². The number of piperidine rings is 1. The van der Waals surface area contributed by atoms with Crippen molar-refractivity contribution in [2.24, 2.45) is 0 Å². The normalized spacial score (nSPS) is 20.7. The standard InChI is InChI=1S/C14H23N3O3S/c1-10(2)21(18,19)17-7-5-6-13(9-17)20-14-8-11(3)15-12(4)16-14/h8,10,13H,5-7,9H2,1-4H3. The number of rotatable bonds is 4. The van der Waals surface area contributed by atoms with Crippen molar-refractivity contribution in [2.75, 3.05) is 13.1 Å². The third-order valence-electron chi connectivity index (χ3n) is 3.53. The van der Waals surface area contributed by atoms with Crippen LogP contribution in [0.25, 0.3) is 0 Å². The predicted octanol–water partition coefficient (Wildman–Crippen LogP) is 1.67. The van der Waals surface area contributed by atoms with Gasteiger partial charge in [0.2, 0.25) is 15.9 Å². The van der Waals surface area contributed by atoms with Gasteiger partial charge in [-0.1, -0.05) is 0 Å². The maximum atomic E-state index is 12.2. The van der Waals surface area contributed by atoms with Gasteiger partial charge in [-0.3, -0.25) is 0 Å². The summed E-state index contributed by atoms with van der Waals surface area (Å²) < 4.78 is 31.9. The van der Waals surface area contributed by atoms with E-state index in [0.29, 0.717) is 24.8 Å². The highest BCUT2D eigenvalue weighted by Crippen LogP contribution is 2.21. The largest absolute Gasteiger partial charge is 0.473 e. The summed E-state index contributed by atoms with van der Waals surface area (Å²) in [5.41, 5.74) is 0.847. The van der Waals surface area contributed by atoms with E-state index >= 15 is 0 Å². The van der Waals surface area contributed by atoms with Crippen LogP contribution in [0.2, 0.25) is 0 Å². The van der Waals surface area contributed by atoms with E-state index in [9.17, 15) is 8.42 Å². The lowest BCUT2D eigenvalue weighted by Crippen LogP contribution is -2.46. The molecule has 0 saturated carbocycles. The molecule has 0 bridgehead atoms. The Morgan fingerprint density at radius 3 is 2.67 bits per heavy atom. The van der Waals surface area contributed by atoms with Crippen LogP contribution in [-0.2, 0) is 10.0 Å². The van der Waals surface area contributed by atoms with Gasteiger partial charge < -0.3 is 4.74 Å². The zero-order valence-electron chi connectivity index (χ0n) is 13.0. The van der Waals surface area contributed by atoms with Crippen LogP contribution >= 0.6 is 0 Å². The molecule has 0 N–H and O–H groups in total. The second-order valence-corrected chi connectivity index (χ2v) is 8.22. The molecule has 6 nitrogen and oxygen atoms in total. The number of hydrogen-bond donors (Lipinski definition) is 0. The Balaban J connectivity index is 2.08. The molecule has 7 heteroatoms. The summed E-state index contributed by atoms with van der Waals surface area (Å²) in [6, 6.07) is 1.78. The Hall–Kier alpha value is -1.21. The molecule has 21 heavy (non-hydrogen) atoms. The monoisotopic (exact) mass is 313 g/mol. The number of nitrogens with zero attached hydrogens (tertiary/aromatic N) is 3. The first-order valence-electron chi connectivity index (χ1n) is 7.27. The van der Waals surface area contributed by atoms with E-state index in [1.165, 1.54) is 4.31 Å². The van der Waals surface area contributed by atoms with Crippen molar-refractivity contribution in [3.63, 3.8) is 0 Å². The molecule has 2 heterocycles. The zero-order chi connectivity index (χ0) is 15.6. The summed E-state index contributed by atoms with van der Waals surface area (Å²) in [5, 5.41) is -0.403. The van der Waals surface area contributed by atoms with E-state index in [-0.39, 0.29) is 6.10 Å². The Labute approximate surface area is 126 Å². The van der Waals surface area contributed by atoms with Gasteiger partial charge in [-0.25, -0.2) is 13.4 Å². The number of hydrogen-bond acceptors (Lipinski definition) is 5. The van der Waals surface area contributed by atoms with E-state index < -0.39 is 15.3 Å². The minimum Gasteiger partial charge on any atom is -0.473 e. The highest BCUT2D eigenvalue weighted by Gasteiger charge is 2.32. The first kappa shape index (κ1) is 16.2. The molecule has 1 aliphatic heterocycles. The third kappa shape index (κ3) is 3.91. The number of sulfonamides is 1. The molecule has 1 atom stereocenters. The summed E-state index contributed by atoms with van der Waals surface area (Å²) in [6.45, 7) is 8.08. The molecule has 2 rings (SSSR count). The smallest absolute Gasteiger partial charge is 0.217 e. The maximum Gasteiger partial charge on any atom is 0.217 e. The molecule has 0 spiro atoms. The Morgan fingerprint density at radius 1 is 1.33 bits per heavy atom. The lowest BCUT2D eigenvalue weighted by molar-refractivity contribution is 0.124. The predicted molar refractivity (Wildman–Crippen MR) is 80.8 cm³/mol. The summed E-state index contributed by atoms with van der Waals surface area (Å²) in [7, 11) is -3.22. The first-order valence-corrected chi connectivity index (χ1v) is 8.77. The van der Waals surface area contributed by atoms with Crippen LogP contribution in [-0.4, -0.2) is 47.1 Å². The van der Waals surface area contributed by atoms with Crippen molar-refractivity contribution in [1.29, 1.82) is 0 Å². The van der Waals surface area contributed by atoms with Crippen molar-refractivity contribution in [3.8, 4) is 5.88 Å². The fourth-order valence-corrected chi connectivity index (χ4v) is 3.80. The van der Waals surface area contributed by atoms with Gasteiger partial charge in [-0.2, -0.15) is 9.29 Å². The van der Waals surface area contributed by atoms with Crippen LogP contribution < -0.4 is 4.74 Å². The van der Waals surface area contributed by atoms with Crippen LogP contribution in [0.5, 0.6) is 5.88 Å². The first-order chi connectivity index (χ1) is 9.79. The Morgan fingerprint density at radius 2 is 2.05 bits per heavy atom. The number of aromatic nitrogens is 2. The molecule has 1 unspecified atom stereocenters. The lowest BCUT2D eigenvalue weighted by atomic mass is 10.1. The average molecular weight is 313 g/mol. The minimum atomic E-state index is -3.22.